The van der Waals surface area contributed by atoms with Crippen LogP contribution in [0.4, 0.5) is 9.59 Å². The maximum Gasteiger partial charge on any atom is 0.407 e. The van der Waals surface area contributed by atoms with Crippen LogP contribution in [0.25, 0.3) is 0 Å². The Labute approximate surface area is 322 Å². The van der Waals surface area contributed by atoms with E-state index in [0.29, 0.717) is 13.1 Å². The number of hydrogen-bond acceptors (Lipinski definition) is 10. The molecular weight excluding hydrogens is 676 g/mol. The molecule has 0 aromatic carbocycles. The van der Waals surface area contributed by atoms with E-state index in [4.69, 9.17) is 18.9 Å². The first-order valence-electron chi connectivity index (χ1n) is 21.5. The first-order chi connectivity index (χ1) is 25.8. The molecule has 0 spiro atoms. The van der Waals surface area contributed by atoms with Gasteiger partial charge in [-0.1, -0.05) is 91.9 Å². The average molecular weight is 755 g/mol. The fourth-order valence-corrected chi connectivity index (χ4v) is 6.52. The molecule has 0 saturated carbocycles. The molecule has 310 valence electrons. The van der Waals surface area contributed by atoms with Gasteiger partial charge in [0.2, 0.25) is 0 Å². The van der Waals surface area contributed by atoms with Gasteiger partial charge in [0.15, 0.2) is 0 Å². The summed E-state index contributed by atoms with van der Waals surface area (Å²) >= 11 is 0. The summed E-state index contributed by atoms with van der Waals surface area (Å²) in [6.45, 7) is 13.9. The molecule has 1 fully saturated rings. The zero-order valence-electron chi connectivity index (χ0n) is 34.2. The highest BCUT2D eigenvalue weighted by atomic mass is 16.6. The van der Waals surface area contributed by atoms with Crippen molar-refractivity contribution in [2.75, 3.05) is 65.6 Å². The Kier molecular flexibility index (Phi) is 31.0. The summed E-state index contributed by atoms with van der Waals surface area (Å²) in [6, 6.07) is 0. The Hall–Kier alpha value is -2.60. The summed E-state index contributed by atoms with van der Waals surface area (Å²) in [6.07, 6.45) is 20.3. The van der Waals surface area contributed by atoms with Gasteiger partial charge in [-0.25, -0.2) is 9.59 Å². The highest BCUT2D eigenvalue weighted by Crippen LogP contribution is 2.14. The van der Waals surface area contributed by atoms with Crippen molar-refractivity contribution in [2.45, 2.75) is 175 Å². The van der Waals surface area contributed by atoms with Crippen LogP contribution in [0.15, 0.2) is 0 Å². The molecule has 1 rings (SSSR count). The van der Waals surface area contributed by atoms with E-state index in [0.717, 1.165) is 84.0 Å². The molecule has 2 atom stereocenters. The largest absolute Gasteiger partial charge is 0.464 e. The van der Waals surface area contributed by atoms with E-state index in [2.05, 4.69) is 34.3 Å². The van der Waals surface area contributed by atoms with Gasteiger partial charge in [0.25, 0.3) is 0 Å². The highest BCUT2D eigenvalue weighted by Gasteiger charge is 2.17. The minimum Gasteiger partial charge on any atom is -0.464 e. The van der Waals surface area contributed by atoms with Crippen molar-refractivity contribution >= 4 is 24.1 Å². The van der Waals surface area contributed by atoms with Gasteiger partial charge >= 0.3 is 24.1 Å². The van der Waals surface area contributed by atoms with Crippen molar-refractivity contribution in [3.05, 3.63) is 0 Å². The molecular formula is C41H78N4O8. The lowest BCUT2D eigenvalue weighted by Crippen LogP contribution is -2.34. The summed E-state index contributed by atoms with van der Waals surface area (Å²) in [4.78, 5) is 54.1. The van der Waals surface area contributed by atoms with Crippen molar-refractivity contribution in [3.8, 4) is 0 Å². The third-order valence-electron chi connectivity index (χ3n) is 9.90. The lowest BCUT2D eigenvalue weighted by Gasteiger charge is -2.23. The molecule has 53 heavy (non-hydrogen) atoms. The molecule has 0 aromatic rings. The lowest BCUT2D eigenvalue weighted by atomic mass is 10.1. The maximum absolute atomic E-state index is 12.5. The van der Waals surface area contributed by atoms with Crippen LogP contribution in [0.3, 0.4) is 0 Å². The summed E-state index contributed by atoms with van der Waals surface area (Å²) in [5.74, 6) is -0.700. The maximum atomic E-state index is 12.5. The number of unbranched alkanes of at least 4 members (excludes halogenated alkanes) is 10. The van der Waals surface area contributed by atoms with Crippen molar-refractivity contribution in [2.24, 2.45) is 0 Å². The minimum absolute atomic E-state index is 0.0727. The van der Waals surface area contributed by atoms with Crippen molar-refractivity contribution < 1.29 is 38.1 Å². The Morgan fingerprint density at radius 3 is 1.45 bits per heavy atom. The molecule has 12 heteroatoms. The minimum atomic E-state index is -0.477. The molecule has 1 saturated heterocycles. The normalized spacial score (nSPS) is 14.1. The standard InChI is InChI=1S/C41H78N4O8/c1-5-9-11-13-15-17-22-36(7-3)52-40(48)42-26-34-50-38(46)24-32-45(31-21-30-44-28-19-20-29-44)33-25-39(47)51-35-27-43-41(49)53-37(8-4)23-18-16-14-12-10-6-2/h36-37H,5-35H2,1-4H3,(H,42,48)(H,43,49). The first kappa shape index (κ1) is 48.4. The van der Waals surface area contributed by atoms with Gasteiger partial charge in [0.05, 0.1) is 25.9 Å². The summed E-state index contributed by atoms with van der Waals surface area (Å²) in [7, 11) is 0. The number of likely N-dealkylation sites (tertiary alicyclic amines) is 1. The SMILES string of the molecule is CCCCCCCCC(CC)OC(=O)NCCOC(=O)CCN(CCCN1CCCC1)CCC(=O)OCCNC(=O)OC(CC)CCCCCCCC. The molecule has 0 aromatic heterocycles. The number of amides is 2. The Morgan fingerprint density at radius 2 is 1.02 bits per heavy atom. The van der Waals surface area contributed by atoms with Gasteiger partial charge in [0, 0.05) is 13.1 Å². The summed E-state index contributed by atoms with van der Waals surface area (Å²) in [5.41, 5.74) is 0. The van der Waals surface area contributed by atoms with Crippen LogP contribution < -0.4 is 10.6 Å². The van der Waals surface area contributed by atoms with Crippen LogP contribution in [-0.2, 0) is 28.5 Å². The first-order valence-corrected chi connectivity index (χ1v) is 21.5. The van der Waals surface area contributed by atoms with Gasteiger partial charge in [-0.05, 0) is 84.0 Å². The number of carbonyl (C=O) groups excluding carboxylic acids is 4. The number of alkyl carbamates (subject to hydrolysis) is 2. The smallest absolute Gasteiger partial charge is 0.407 e. The number of ether oxygens (including phenoxy) is 4. The number of nitrogens with one attached hydrogen (secondary N) is 2. The zero-order chi connectivity index (χ0) is 38.8. The van der Waals surface area contributed by atoms with Crippen LogP contribution in [0.2, 0.25) is 0 Å². The van der Waals surface area contributed by atoms with E-state index in [9.17, 15) is 19.2 Å². The third kappa shape index (κ3) is 28.5. The van der Waals surface area contributed by atoms with Crippen LogP contribution in [0.1, 0.15) is 163 Å². The molecule has 0 radical (unpaired) electrons. The van der Waals surface area contributed by atoms with Crippen LogP contribution in [-0.4, -0.2) is 112 Å². The van der Waals surface area contributed by atoms with E-state index in [1.165, 1.54) is 64.2 Å². The second kappa shape index (κ2) is 33.9. The zero-order valence-corrected chi connectivity index (χ0v) is 34.2. The topological polar surface area (TPSA) is 136 Å². The van der Waals surface area contributed by atoms with Crippen LogP contribution in [0, 0.1) is 0 Å². The predicted molar refractivity (Wildman–Crippen MR) is 211 cm³/mol. The van der Waals surface area contributed by atoms with E-state index in [1.54, 1.807) is 0 Å². The quantitative estimate of drug-likeness (QED) is 0.0376. The van der Waals surface area contributed by atoms with E-state index < -0.39 is 12.2 Å². The molecule has 2 unspecified atom stereocenters. The van der Waals surface area contributed by atoms with Crippen LogP contribution >= 0.6 is 0 Å². The van der Waals surface area contributed by atoms with Gasteiger partial charge < -0.3 is 39.4 Å². The number of carbonyl (C=O) groups is 4. The molecule has 0 aliphatic carbocycles. The third-order valence-corrected chi connectivity index (χ3v) is 9.90. The number of esters is 2. The number of hydrogen-bond donors (Lipinski definition) is 2. The van der Waals surface area contributed by atoms with Gasteiger partial charge in [-0.2, -0.15) is 0 Å². The van der Waals surface area contributed by atoms with E-state index >= 15 is 0 Å². The van der Waals surface area contributed by atoms with E-state index in [-0.39, 0.29) is 63.3 Å². The fourth-order valence-electron chi connectivity index (χ4n) is 6.52. The number of rotatable bonds is 34. The number of nitrogens with zero attached hydrogens (tertiary/aromatic N) is 2. The lowest BCUT2D eigenvalue weighted by molar-refractivity contribution is -0.144. The van der Waals surface area contributed by atoms with Crippen molar-refractivity contribution in [1.29, 1.82) is 0 Å². The Balaban J connectivity index is 2.32. The second-order valence-electron chi connectivity index (χ2n) is 14.5. The van der Waals surface area contributed by atoms with Crippen molar-refractivity contribution in [1.82, 2.24) is 20.4 Å². The molecule has 2 N–H and O–H groups in total. The van der Waals surface area contributed by atoms with Gasteiger partial charge in [-0.3, -0.25) is 9.59 Å². The van der Waals surface area contributed by atoms with Gasteiger partial charge in [0.1, 0.15) is 25.4 Å². The van der Waals surface area contributed by atoms with E-state index in [1.807, 2.05) is 13.8 Å². The summed E-state index contributed by atoms with van der Waals surface area (Å²) in [5, 5.41) is 5.38. The van der Waals surface area contributed by atoms with Crippen LogP contribution in [0.5, 0.6) is 0 Å². The molecule has 1 aliphatic rings. The average Bonchev–Trinajstić information content (AvgIpc) is 3.68. The summed E-state index contributed by atoms with van der Waals surface area (Å²) < 4.78 is 21.8. The molecule has 1 aliphatic heterocycles. The Morgan fingerprint density at radius 1 is 0.585 bits per heavy atom. The monoisotopic (exact) mass is 755 g/mol. The van der Waals surface area contributed by atoms with Gasteiger partial charge in [-0.15, -0.1) is 0 Å². The molecule has 0 bridgehead atoms. The molecule has 2 amide bonds. The fraction of sp³-hybridized carbons (Fsp3) is 0.902. The highest BCUT2D eigenvalue weighted by molar-refractivity contribution is 5.71. The van der Waals surface area contributed by atoms with Crippen molar-refractivity contribution in [3.63, 3.8) is 0 Å². The molecule has 12 nitrogen and oxygen atoms in total. The Bertz CT molecular complexity index is 872. The molecule has 1 heterocycles. The predicted octanol–water partition coefficient (Wildman–Crippen LogP) is 8.15. The second-order valence-corrected chi connectivity index (χ2v) is 14.5.